The fraction of sp³-hybridized carbons (Fsp3) is 0.258. The molecule has 7 nitrogen and oxygen atoms in total. The third kappa shape index (κ3) is 5.62. The molecule has 4 aromatic rings. The Morgan fingerprint density at radius 1 is 1.03 bits per heavy atom. The summed E-state index contributed by atoms with van der Waals surface area (Å²) in [4.78, 5) is 28.9. The molecule has 0 atom stereocenters. The van der Waals surface area contributed by atoms with E-state index >= 15 is 0 Å². The second-order valence-electron chi connectivity index (χ2n) is 9.96. The van der Waals surface area contributed by atoms with Crippen LogP contribution in [0.15, 0.2) is 65.7 Å². The maximum absolute atomic E-state index is 13.6. The summed E-state index contributed by atoms with van der Waals surface area (Å²) in [7, 11) is 0. The van der Waals surface area contributed by atoms with Gasteiger partial charge in [0, 0.05) is 59.3 Å². The number of aryl methyl sites for hydroxylation is 3. The van der Waals surface area contributed by atoms with E-state index < -0.39 is 0 Å². The summed E-state index contributed by atoms with van der Waals surface area (Å²) in [6.07, 6.45) is 6.71. The lowest BCUT2D eigenvalue weighted by atomic mass is 9.97. The Bertz CT molecular complexity index is 1570. The Labute approximate surface area is 223 Å². The molecule has 196 valence electrons. The molecule has 0 spiro atoms. The number of hydrogen-bond donors (Lipinski definition) is 4. The van der Waals surface area contributed by atoms with E-state index in [4.69, 9.17) is 5.41 Å². The van der Waals surface area contributed by atoms with E-state index in [0.29, 0.717) is 17.7 Å². The SMILES string of the molecule is Cc1cc(C)c(CNC(=O)c2cc(-c3ccc(CN/C=C\C=N)cc3)cc3c2c(C)cn3C(C)C)c(=O)[nH]1. The lowest BCUT2D eigenvalue weighted by Gasteiger charge is -2.14. The van der Waals surface area contributed by atoms with Crippen LogP contribution >= 0.6 is 0 Å². The van der Waals surface area contributed by atoms with E-state index in [1.807, 2.05) is 32.9 Å². The highest BCUT2D eigenvalue weighted by atomic mass is 16.1. The number of carbonyl (C=O) groups excluding carboxylic acids is 1. The lowest BCUT2D eigenvalue weighted by molar-refractivity contribution is 0.0952. The summed E-state index contributed by atoms with van der Waals surface area (Å²) in [5, 5.41) is 14.1. The number of rotatable bonds is 9. The molecule has 0 saturated heterocycles. The Kier molecular flexibility index (Phi) is 7.96. The van der Waals surface area contributed by atoms with E-state index in [2.05, 4.69) is 70.6 Å². The first kappa shape index (κ1) is 26.7. The number of aromatic amines is 1. The first-order valence-electron chi connectivity index (χ1n) is 12.8. The molecule has 0 fully saturated rings. The lowest BCUT2D eigenvalue weighted by Crippen LogP contribution is -2.28. The number of fused-ring (bicyclic) bond motifs is 1. The predicted molar refractivity (Wildman–Crippen MR) is 155 cm³/mol. The van der Waals surface area contributed by atoms with Crippen LogP contribution in [0.3, 0.4) is 0 Å². The van der Waals surface area contributed by atoms with Crippen LogP contribution < -0.4 is 16.2 Å². The van der Waals surface area contributed by atoms with E-state index in [-0.39, 0.29) is 24.1 Å². The fourth-order valence-corrected chi connectivity index (χ4v) is 4.83. The summed E-state index contributed by atoms with van der Waals surface area (Å²) in [5.41, 5.74) is 7.76. The minimum Gasteiger partial charge on any atom is -0.387 e. The Morgan fingerprint density at radius 3 is 2.42 bits per heavy atom. The largest absolute Gasteiger partial charge is 0.387 e. The molecular weight excluding hydrogens is 474 g/mol. The molecule has 0 unspecified atom stereocenters. The van der Waals surface area contributed by atoms with Crippen molar-refractivity contribution in [1.29, 1.82) is 5.41 Å². The van der Waals surface area contributed by atoms with E-state index in [9.17, 15) is 9.59 Å². The second kappa shape index (κ2) is 11.3. The van der Waals surface area contributed by atoms with Crippen LogP contribution in [0.2, 0.25) is 0 Å². The second-order valence-corrected chi connectivity index (χ2v) is 9.96. The summed E-state index contributed by atoms with van der Waals surface area (Å²) in [6, 6.07) is 14.5. The van der Waals surface area contributed by atoms with E-state index in [0.717, 1.165) is 44.4 Å². The zero-order valence-electron chi connectivity index (χ0n) is 22.6. The van der Waals surface area contributed by atoms with Gasteiger partial charge in [-0.15, -0.1) is 0 Å². The number of pyridine rings is 1. The average molecular weight is 510 g/mol. The van der Waals surface area contributed by atoms with Crippen LogP contribution in [0.25, 0.3) is 22.0 Å². The first-order valence-corrected chi connectivity index (χ1v) is 12.8. The van der Waals surface area contributed by atoms with Crippen LogP contribution in [-0.4, -0.2) is 21.7 Å². The number of carbonyl (C=O) groups is 1. The number of nitrogens with zero attached hydrogens (tertiary/aromatic N) is 1. The summed E-state index contributed by atoms with van der Waals surface area (Å²) in [5.74, 6) is -0.209. The van der Waals surface area contributed by atoms with Gasteiger partial charge < -0.3 is 25.6 Å². The van der Waals surface area contributed by atoms with Crippen LogP contribution in [0.5, 0.6) is 0 Å². The van der Waals surface area contributed by atoms with Crippen molar-refractivity contribution in [2.75, 3.05) is 0 Å². The number of nitrogens with one attached hydrogen (secondary N) is 4. The molecule has 4 N–H and O–H groups in total. The van der Waals surface area contributed by atoms with Crippen molar-refractivity contribution < 1.29 is 4.79 Å². The standard InChI is InChI=1S/C31H35N5O2/c1-19(2)36-18-21(4)29-26(30(37)34-17-27-20(3)13-22(5)35-31(27)38)14-25(15-28(29)36)24-9-7-23(8-10-24)16-33-12-6-11-32/h6-15,18-19,32-33H,16-17H2,1-5H3,(H,34,37)(H,35,38)/b12-6-,32-11?. The maximum atomic E-state index is 13.6. The molecule has 38 heavy (non-hydrogen) atoms. The van der Waals surface area contributed by atoms with Crippen molar-refractivity contribution in [3.8, 4) is 11.1 Å². The van der Waals surface area contributed by atoms with Crippen LogP contribution in [0, 0.1) is 26.2 Å². The zero-order chi connectivity index (χ0) is 27.4. The van der Waals surface area contributed by atoms with Crippen molar-refractivity contribution in [3.05, 3.63) is 105 Å². The van der Waals surface area contributed by atoms with Crippen molar-refractivity contribution in [3.63, 3.8) is 0 Å². The predicted octanol–water partition coefficient (Wildman–Crippen LogP) is 5.69. The van der Waals surface area contributed by atoms with Crippen LogP contribution in [0.1, 0.15) is 58.2 Å². The highest BCUT2D eigenvalue weighted by Crippen LogP contribution is 2.33. The van der Waals surface area contributed by atoms with Gasteiger partial charge in [-0.2, -0.15) is 0 Å². The molecule has 0 bridgehead atoms. The number of hydrogen-bond acceptors (Lipinski definition) is 4. The summed E-state index contributed by atoms with van der Waals surface area (Å²) in [6.45, 7) is 10.8. The van der Waals surface area contributed by atoms with Crippen molar-refractivity contribution >= 4 is 23.0 Å². The molecule has 2 aromatic heterocycles. The fourth-order valence-electron chi connectivity index (χ4n) is 4.83. The number of aromatic nitrogens is 2. The molecule has 0 aliphatic rings. The molecule has 0 aliphatic heterocycles. The number of benzene rings is 2. The van der Waals surface area contributed by atoms with Gasteiger partial charge >= 0.3 is 0 Å². The number of H-pyrrole nitrogens is 1. The van der Waals surface area contributed by atoms with Gasteiger partial charge in [0.1, 0.15) is 0 Å². The third-order valence-corrected chi connectivity index (χ3v) is 6.75. The van der Waals surface area contributed by atoms with Gasteiger partial charge in [0.2, 0.25) is 0 Å². The van der Waals surface area contributed by atoms with Crippen molar-refractivity contribution in [2.24, 2.45) is 0 Å². The van der Waals surface area contributed by atoms with Gasteiger partial charge in [-0.1, -0.05) is 24.3 Å². The normalized spacial score (nSPS) is 11.4. The van der Waals surface area contributed by atoms with Crippen LogP contribution in [-0.2, 0) is 13.1 Å². The maximum Gasteiger partial charge on any atom is 0.253 e. The van der Waals surface area contributed by atoms with E-state index in [1.54, 1.807) is 12.3 Å². The molecule has 7 heteroatoms. The molecule has 2 aromatic carbocycles. The molecule has 0 aliphatic carbocycles. The summed E-state index contributed by atoms with van der Waals surface area (Å²) >= 11 is 0. The van der Waals surface area contributed by atoms with Crippen molar-refractivity contribution in [1.82, 2.24) is 20.2 Å². The monoisotopic (exact) mass is 509 g/mol. The zero-order valence-corrected chi connectivity index (χ0v) is 22.6. The molecule has 0 radical (unpaired) electrons. The first-order chi connectivity index (χ1) is 18.2. The minimum absolute atomic E-state index is 0.157. The highest BCUT2D eigenvalue weighted by Gasteiger charge is 2.19. The van der Waals surface area contributed by atoms with Gasteiger partial charge in [-0.25, -0.2) is 0 Å². The van der Waals surface area contributed by atoms with Gasteiger partial charge in [-0.05, 0) is 92.9 Å². The number of amides is 1. The molecule has 1 amide bonds. The van der Waals surface area contributed by atoms with Gasteiger partial charge in [-0.3, -0.25) is 9.59 Å². The Balaban J connectivity index is 1.71. The Morgan fingerprint density at radius 2 is 1.76 bits per heavy atom. The Hall–Kier alpha value is -4.39. The summed E-state index contributed by atoms with van der Waals surface area (Å²) < 4.78 is 2.20. The number of allylic oxidation sites excluding steroid dienone is 1. The van der Waals surface area contributed by atoms with Crippen molar-refractivity contribution in [2.45, 2.75) is 53.8 Å². The van der Waals surface area contributed by atoms with E-state index in [1.165, 1.54) is 6.21 Å². The van der Waals surface area contributed by atoms with Gasteiger partial charge in [0.25, 0.3) is 11.5 Å². The average Bonchev–Trinajstić information content (AvgIpc) is 3.22. The molecule has 4 rings (SSSR count). The van der Waals surface area contributed by atoms with Gasteiger partial charge in [0.05, 0.1) is 0 Å². The van der Waals surface area contributed by atoms with Gasteiger partial charge in [0.15, 0.2) is 0 Å². The third-order valence-electron chi connectivity index (χ3n) is 6.75. The topological polar surface area (TPSA) is 103 Å². The molecule has 2 heterocycles. The molecular formula is C31H35N5O2. The smallest absolute Gasteiger partial charge is 0.253 e. The minimum atomic E-state index is -0.209. The van der Waals surface area contributed by atoms with Crippen LogP contribution in [0.4, 0.5) is 0 Å². The molecule has 0 saturated carbocycles. The highest BCUT2D eigenvalue weighted by molar-refractivity contribution is 6.09. The quantitative estimate of drug-likeness (QED) is 0.218.